The number of phenols is 1. The monoisotopic (exact) mass is 524 g/mol. The van der Waals surface area contributed by atoms with Crippen molar-refractivity contribution in [3.63, 3.8) is 0 Å². The lowest BCUT2D eigenvalue weighted by Gasteiger charge is -2.51. The summed E-state index contributed by atoms with van der Waals surface area (Å²) in [5.41, 5.74) is 9.53. The van der Waals surface area contributed by atoms with Crippen LogP contribution in [0, 0.1) is 0 Å². The van der Waals surface area contributed by atoms with Crippen molar-refractivity contribution in [2.75, 3.05) is 54.9 Å². The highest BCUT2D eigenvalue weighted by atomic mass is 35.5. The fourth-order valence-electron chi connectivity index (χ4n) is 5.57. The van der Waals surface area contributed by atoms with E-state index in [0.29, 0.717) is 30.3 Å². The molecule has 37 heavy (non-hydrogen) atoms. The fourth-order valence-corrected chi connectivity index (χ4v) is 5.57. The molecule has 0 saturated carbocycles. The second-order valence-electron chi connectivity index (χ2n) is 9.74. The van der Waals surface area contributed by atoms with E-state index in [1.165, 1.54) is 0 Å². The Hall–Kier alpha value is -3.27. The first-order valence-corrected chi connectivity index (χ1v) is 12.7. The first-order chi connectivity index (χ1) is 17.7. The number of rotatable bonds is 5. The molecule has 6 rings (SSSR count). The molecule has 9 nitrogen and oxygen atoms in total. The van der Waals surface area contributed by atoms with Crippen LogP contribution >= 0.6 is 12.4 Å². The molecular weight excluding hydrogens is 492 g/mol. The minimum absolute atomic E-state index is 0. The first kappa shape index (κ1) is 25.4. The number of morpholine rings is 1. The summed E-state index contributed by atoms with van der Waals surface area (Å²) in [5.74, 6) is 1.49. The first-order valence-electron chi connectivity index (χ1n) is 12.7. The summed E-state index contributed by atoms with van der Waals surface area (Å²) >= 11 is 0. The highest BCUT2D eigenvalue weighted by Crippen LogP contribution is 2.36. The molecule has 3 aliphatic rings. The molecule has 4 heterocycles. The van der Waals surface area contributed by atoms with Crippen LogP contribution in [0.3, 0.4) is 0 Å². The maximum Gasteiger partial charge on any atom is 0.169 e. The van der Waals surface area contributed by atoms with E-state index < -0.39 is 0 Å². The summed E-state index contributed by atoms with van der Waals surface area (Å²) in [6.45, 7) is 4.77. The van der Waals surface area contributed by atoms with Gasteiger partial charge in [0, 0.05) is 30.4 Å². The van der Waals surface area contributed by atoms with E-state index in [1.807, 2.05) is 18.2 Å². The van der Waals surface area contributed by atoms with E-state index in [1.54, 1.807) is 12.1 Å². The molecule has 10 heteroatoms. The van der Waals surface area contributed by atoms with Gasteiger partial charge in [0.2, 0.25) is 0 Å². The Kier molecular flexibility index (Phi) is 7.55. The molecule has 2 aromatic carbocycles. The minimum Gasteiger partial charge on any atom is -0.507 e. The predicted octanol–water partition coefficient (Wildman–Crippen LogP) is 3.08. The van der Waals surface area contributed by atoms with E-state index in [0.717, 1.165) is 56.1 Å². The van der Waals surface area contributed by atoms with Gasteiger partial charge >= 0.3 is 0 Å². The number of fused-ring (bicyclic) bond motifs is 2. The van der Waals surface area contributed by atoms with E-state index in [2.05, 4.69) is 49.6 Å². The largest absolute Gasteiger partial charge is 0.507 e. The van der Waals surface area contributed by atoms with Gasteiger partial charge in [-0.3, -0.25) is 0 Å². The van der Waals surface area contributed by atoms with Crippen molar-refractivity contribution in [2.45, 2.75) is 31.0 Å². The van der Waals surface area contributed by atoms with Crippen LogP contribution in [0.25, 0.3) is 11.3 Å². The smallest absolute Gasteiger partial charge is 0.169 e. The van der Waals surface area contributed by atoms with Crippen LogP contribution in [0.1, 0.15) is 12.8 Å². The zero-order valence-corrected chi connectivity index (χ0v) is 21.4. The number of benzene rings is 2. The van der Waals surface area contributed by atoms with Gasteiger partial charge in [0.15, 0.2) is 5.82 Å². The molecule has 0 spiro atoms. The molecule has 0 unspecified atom stereocenters. The second kappa shape index (κ2) is 11.0. The van der Waals surface area contributed by atoms with Crippen molar-refractivity contribution in [1.82, 2.24) is 15.5 Å². The van der Waals surface area contributed by atoms with Crippen LogP contribution in [0.15, 0.2) is 54.6 Å². The predicted molar refractivity (Wildman–Crippen MR) is 147 cm³/mol. The lowest BCUT2D eigenvalue weighted by molar-refractivity contribution is 0.0588. The van der Waals surface area contributed by atoms with Crippen molar-refractivity contribution in [3.05, 3.63) is 54.6 Å². The highest BCUT2D eigenvalue weighted by Gasteiger charge is 2.39. The molecule has 0 amide bonds. The Balaban J connectivity index is 0.00000280. The Bertz CT molecular complexity index is 1210. The van der Waals surface area contributed by atoms with Gasteiger partial charge in [0.25, 0.3) is 0 Å². The SMILES string of the molecule is Cl.Nc1nnc(-c2ccccc2O)cc1N1C[C@H]2COC[C@@H](C1)N2c1cccc(OC2CCNCC2)c1. The minimum atomic E-state index is 0. The molecule has 3 aromatic rings. The Morgan fingerprint density at radius 3 is 2.49 bits per heavy atom. The number of aromatic nitrogens is 2. The number of phenolic OH excluding ortho intramolecular Hbond substituents is 1. The van der Waals surface area contributed by atoms with Crippen molar-refractivity contribution in [1.29, 1.82) is 0 Å². The average molecular weight is 525 g/mol. The van der Waals surface area contributed by atoms with Crippen LogP contribution in [0.2, 0.25) is 0 Å². The number of piperazine rings is 1. The van der Waals surface area contributed by atoms with E-state index >= 15 is 0 Å². The number of para-hydroxylation sites is 1. The van der Waals surface area contributed by atoms with Crippen LogP contribution in [0.5, 0.6) is 11.5 Å². The summed E-state index contributed by atoms with van der Waals surface area (Å²) in [4.78, 5) is 4.75. The van der Waals surface area contributed by atoms with Crippen molar-refractivity contribution >= 4 is 29.6 Å². The van der Waals surface area contributed by atoms with Gasteiger partial charge in [0.05, 0.1) is 36.7 Å². The molecule has 1 aromatic heterocycles. The van der Waals surface area contributed by atoms with Crippen molar-refractivity contribution < 1.29 is 14.6 Å². The van der Waals surface area contributed by atoms with Gasteiger partial charge in [-0.2, -0.15) is 0 Å². The number of nitrogen functional groups attached to an aromatic ring is 1. The number of nitrogens with two attached hydrogens (primary N) is 1. The number of halogens is 1. The number of ether oxygens (including phenoxy) is 2. The van der Waals surface area contributed by atoms with Gasteiger partial charge in [-0.15, -0.1) is 22.6 Å². The van der Waals surface area contributed by atoms with E-state index in [9.17, 15) is 5.11 Å². The third-order valence-electron chi connectivity index (χ3n) is 7.30. The van der Waals surface area contributed by atoms with Gasteiger partial charge in [-0.25, -0.2) is 0 Å². The number of nitrogens with zero attached hydrogens (tertiary/aromatic N) is 4. The maximum absolute atomic E-state index is 10.3. The van der Waals surface area contributed by atoms with Crippen LogP contribution in [-0.4, -0.2) is 72.9 Å². The zero-order valence-electron chi connectivity index (χ0n) is 20.6. The molecule has 3 aliphatic heterocycles. The van der Waals surface area contributed by atoms with E-state index in [4.69, 9.17) is 15.2 Å². The van der Waals surface area contributed by atoms with Crippen molar-refractivity contribution in [3.8, 4) is 22.8 Å². The zero-order chi connectivity index (χ0) is 24.5. The summed E-state index contributed by atoms with van der Waals surface area (Å²) in [7, 11) is 0. The Morgan fingerprint density at radius 2 is 1.73 bits per heavy atom. The molecule has 3 saturated heterocycles. The van der Waals surface area contributed by atoms with Gasteiger partial charge < -0.3 is 35.4 Å². The third-order valence-corrected chi connectivity index (χ3v) is 7.30. The number of piperidine rings is 1. The molecule has 196 valence electrons. The highest BCUT2D eigenvalue weighted by molar-refractivity contribution is 5.85. The lowest BCUT2D eigenvalue weighted by atomic mass is 10.0. The van der Waals surface area contributed by atoms with Crippen LogP contribution in [-0.2, 0) is 4.74 Å². The van der Waals surface area contributed by atoms with Crippen molar-refractivity contribution in [2.24, 2.45) is 0 Å². The molecule has 2 bridgehead atoms. The number of hydrogen-bond donors (Lipinski definition) is 3. The molecule has 0 aliphatic carbocycles. The van der Waals surface area contributed by atoms with Gasteiger partial charge in [-0.05, 0) is 56.3 Å². The molecule has 2 atom stereocenters. The number of aromatic hydroxyl groups is 1. The number of anilines is 3. The maximum atomic E-state index is 10.3. The standard InChI is InChI=1S/C27H32N6O3.ClH/c28-27-25(13-24(30-31-27)23-6-1-2-7-26(23)34)32-14-19-16-35-17-20(15-32)33(19)18-4-3-5-22(12-18)36-21-8-10-29-11-9-21;/h1-7,12-13,19-21,29,34H,8-11,14-17H2,(H2,28,31);1H/t19-,20+;. The molecular formula is C27H33ClN6O3. The van der Waals surface area contributed by atoms with Crippen LogP contribution < -0.4 is 25.6 Å². The number of hydrogen-bond acceptors (Lipinski definition) is 9. The second-order valence-corrected chi connectivity index (χ2v) is 9.74. The summed E-state index contributed by atoms with van der Waals surface area (Å²) in [6, 6.07) is 17.9. The normalized spacial score (nSPS) is 21.8. The van der Waals surface area contributed by atoms with Gasteiger partial charge in [-0.1, -0.05) is 18.2 Å². The molecule has 0 radical (unpaired) electrons. The third kappa shape index (κ3) is 5.25. The van der Waals surface area contributed by atoms with Gasteiger partial charge in [0.1, 0.15) is 17.6 Å². The number of nitrogens with one attached hydrogen (secondary N) is 1. The lowest BCUT2D eigenvalue weighted by Crippen LogP contribution is -2.65. The summed E-state index contributed by atoms with van der Waals surface area (Å²) in [6.07, 6.45) is 2.33. The fraction of sp³-hybridized carbons (Fsp3) is 0.407. The Labute approximate surface area is 223 Å². The topological polar surface area (TPSA) is 109 Å². The molecule has 3 fully saturated rings. The average Bonchev–Trinajstić information content (AvgIpc) is 2.89. The van der Waals surface area contributed by atoms with Crippen LogP contribution in [0.4, 0.5) is 17.2 Å². The summed E-state index contributed by atoms with van der Waals surface area (Å²) in [5, 5.41) is 22.2. The quantitative estimate of drug-likeness (QED) is 0.464. The molecule has 4 N–H and O–H groups in total. The Morgan fingerprint density at radius 1 is 0.973 bits per heavy atom. The van der Waals surface area contributed by atoms with E-state index in [-0.39, 0.29) is 36.3 Å². The summed E-state index contributed by atoms with van der Waals surface area (Å²) < 4.78 is 12.3.